The molecule has 0 saturated carbocycles. The van der Waals surface area contributed by atoms with Gasteiger partial charge in [0.05, 0.1) is 13.2 Å². The van der Waals surface area contributed by atoms with E-state index in [9.17, 15) is 4.39 Å². The van der Waals surface area contributed by atoms with E-state index < -0.39 is 0 Å². The van der Waals surface area contributed by atoms with Crippen molar-refractivity contribution in [3.8, 4) is 5.75 Å². The van der Waals surface area contributed by atoms with Gasteiger partial charge >= 0.3 is 0 Å². The molecule has 0 amide bonds. The molecule has 0 radical (unpaired) electrons. The number of aromatic nitrogens is 2. The molecular weight excluding hydrogens is 323 g/mol. The van der Waals surface area contributed by atoms with Crippen LogP contribution in [0.4, 0.5) is 4.39 Å². The Balaban J connectivity index is 1.57. The van der Waals surface area contributed by atoms with Crippen molar-refractivity contribution in [2.75, 3.05) is 33.3 Å². The van der Waals surface area contributed by atoms with Gasteiger partial charge in [-0.1, -0.05) is 12.1 Å². The van der Waals surface area contributed by atoms with Gasteiger partial charge in [0.1, 0.15) is 11.6 Å². The Bertz CT molecular complexity index is 698. The second kappa shape index (κ2) is 7.93. The first-order chi connectivity index (χ1) is 12.1. The molecule has 1 aromatic heterocycles. The van der Waals surface area contributed by atoms with Crippen LogP contribution in [0, 0.1) is 5.82 Å². The summed E-state index contributed by atoms with van der Waals surface area (Å²) in [6.45, 7) is 8.41. The van der Waals surface area contributed by atoms with E-state index in [0.717, 1.165) is 49.7 Å². The fourth-order valence-corrected chi connectivity index (χ4v) is 3.16. The summed E-state index contributed by atoms with van der Waals surface area (Å²) in [5.74, 6) is 1.93. The van der Waals surface area contributed by atoms with E-state index in [1.165, 1.54) is 6.07 Å². The minimum Gasteiger partial charge on any atom is -0.496 e. The fourth-order valence-electron chi connectivity index (χ4n) is 3.16. The number of hydrogen-bond donors (Lipinski definition) is 0. The maximum Gasteiger partial charge on any atom is 0.243 e. The van der Waals surface area contributed by atoms with Gasteiger partial charge in [-0.25, -0.2) is 4.39 Å². The van der Waals surface area contributed by atoms with Crippen LogP contribution in [0.2, 0.25) is 0 Å². The van der Waals surface area contributed by atoms with Gasteiger partial charge in [0.25, 0.3) is 0 Å². The van der Waals surface area contributed by atoms with Crippen LogP contribution in [0.1, 0.15) is 37.2 Å². The molecule has 0 aliphatic carbocycles. The van der Waals surface area contributed by atoms with Gasteiger partial charge in [-0.15, -0.1) is 0 Å². The molecule has 1 aromatic carbocycles. The molecule has 7 heteroatoms. The van der Waals surface area contributed by atoms with Gasteiger partial charge in [-0.05, 0) is 25.1 Å². The molecule has 1 aliphatic rings. The second-order valence-corrected chi connectivity index (χ2v) is 6.35. The first-order valence-corrected chi connectivity index (χ1v) is 8.72. The van der Waals surface area contributed by atoms with E-state index in [1.54, 1.807) is 19.2 Å². The van der Waals surface area contributed by atoms with E-state index in [4.69, 9.17) is 9.26 Å². The van der Waals surface area contributed by atoms with Crippen molar-refractivity contribution in [2.24, 2.45) is 0 Å². The third-order valence-electron chi connectivity index (χ3n) is 4.75. The summed E-state index contributed by atoms with van der Waals surface area (Å²) in [6.07, 6.45) is 0.777. The van der Waals surface area contributed by atoms with Crippen LogP contribution >= 0.6 is 0 Å². The van der Waals surface area contributed by atoms with Crippen LogP contribution in [0.25, 0.3) is 0 Å². The zero-order chi connectivity index (χ0) is 17.8. The second-order valence-electron chi connectivity index (χ2n) is 6.35. The molecule has 3 rings (SSSR count). The molecule has 1 fully saturated rings. The number of benzene rings is 1. The van der Waals surface area contributed by atoms with Crippen molar-refractivity contribution in [2.45, 2.75) is 32.9 Å². The highest BCUT2D eigenvalue weighted by molar-refractivity contribution is 5.33. The van der Waals surface area contributed by atoms with Crippen LogP contribution < -0.4 is 4.74 Å². The van der Waals surface area contributed by atoms with Gasteiger partial charge in [0, 0.05) is 44.7 Å². The fraction of sp³-hybridized carbons (Fsp3) is 0.556. The van der Waals surface area contributed by atoms with Crippen molar-refractivity contribution in [3.63, 3.8) is 0 Å². The minimum atomic E-state index is -0.230. The lowest BCUT2D eigenvalue weighted by Gasteiger charge is -2.37. The van der Waals surface area contributed by atoms with Gasteiger partial charge in [-0.3, -0.25) is 9.80 Å². The Morgan fingerprint density at radius 2 is 2.04 bits per heavy atom. The molecule has 25 heavy (non-hydrogen) atoms. The van der Waals surface area contributed by atoms with Crippen LogP contribution in [0.3, 0.4) is 0 Å². The number of aryl methyl sites for hydroxylation is 1. The lowest BCUT2D eigenvalue weighted by atomic mass is 10.1. The predicted octanol–water partition coefficient (Wildman–Crippen LogP) is 2.66. The number of piperazine rings is 1. The van der Waals surface area contributed by atoms with Crippen LogP contribution in [0.5, 0.6) is 5.75 Å². The molecule has 1 aliphatic heterocycles. The quantitative estimate of drug-likeness (QED) is 0.800. The predicted molar refractivity (Wildman–Crippen MR) is 91.9 cm³/mol. The third kappa shape index (κ3) is 4.16. The SMILES string of the molecule is CCc1noc([C@@H](C)N2CCN(Cc3cc(F)ccc3OC)CC2)n1. The van der Waals surface area contributed by atoms with E-state index in [2.05, 4.69) is 26.9 Å². The van der Waals surface area contributed by atoms with Gasteiger partial charge < -0.3 is 9.26 Å². The zero-order valence-corrected chi connectivity index (χ0v) is 15.0. The molecule has 0 spiro atoms. The molecule has 0 unspecified atom stereocenters. The van der Waals surface area contributed by atoms with Crippen LogP contribution in [-0.4, -0.2) is 53.2 Å². The molecule has 1 saturated heterocycles. The molecule has 2 aromatic rings. The zero-order valence-electron chi connectivity index (χ0n) is 15.0. The number of ether oxygens (including phenoxy) is 1. The van der Waals surface area contributed by atoms with Gasteiger partial charge in [0.2, 0.25) is 5.89 Å². The number of halogens is 1. The monoisotopic (exact) mass is 348 g/mol. The molecule has 136 valence electrons. The van der Waals surface area contributed by atoms with E-state index in [0.29, 0.717) is 12.4 Å². The van der Waals surface area contributed by atoms with E-state index >= 15 is 0 Å². The van der Waals surface area contributed by atoms with Crippen molar-refractivity contribution in [1.29, 1.82) is 0 Å². The third-order valence-corrected chi connectivity index (χ3v) is 4.75. The lowest BCUT2D eigenvalue weighted by molar-refractivity contribution is 0.0840. The largest absolute Gasteiger partial charge is 0.496 e. The highest BCUT2D eigenvalue weighted by atomic mass is 19.1. The standard InChI is InChI=1S/C18H25FN4O2/c1-4-17-20-18(25-21-17)13(2)23-9-7-22(8-10-23)12-14-11-15(19)5-6-16(14)24-3/h5-6,11,13H,4,7-10,12H2,1-3H3/t13-/m1/s1. The smallest absolute Gasteiger partial charge is 0.243 e. The average molecular weight is 348 g/mol. The number of hydrogen-bond acceptors (Lipinski definition) is 6. The van der Waals surface area contributed by atoms with Gasteiger partial charge in [-0.2, -0.15) is 4.98 Å². The summed E-state index contributed by atoms with van der Waals surface area (Å²) in [4.78, 5) is 9.08. The number of nitrogens with zero attached hydrogens (tertiary/aromatic N) is 4. The summed E-state index contributed by atoms with van der Waals surface area (Å²) >= 11 is 0. The molecular formula is C18H25FN4O2. The maximum absolute atomic E-state index is 13.5. The van der Waals surface area contributed by atoms with Crippen molar-refractivity contribution in [3.05, 3.63) is 41.3 Å². The minimum absolute atomic E-state index is 0.110. The maximum atomic E-state index is 13.5. The van der Waals surface area contributed by atoms with Crippen molar-refractivity contribution >= 4 is 0 Å². The first kappa shape index (κ1) is 17.8. The summed E-state index contributed by atoms with van der Waals surface area (Å²) < 4.78 is 24.2. The molecule has 2 heterocycles. The van der Waals surface area contributed by atoms with Crippen molar-refractivity contribution in [1.82, 2.24) is 19.9 Å². The molecule has 1 atom stereocenters. The Labute approximate surface area is 147 Å². The number of rotatable bonds is 6. The summed E-state index contributed by atoms with van der Waals surface area (Å²) in [5.41, 5.74) is 0.883. The summed E-state index contributed by atoms with van der Waals surface area (Å²) in [5, 5.41) is 3.98. The first-order valence-electron chi connectivity index (χ1n) is 8.72. The number of methoxy groups -OCH3 is 1. The van der Waals surface area contributed by atoms with Crippen molar-refractivity contribution < 1.29 is 13.7 Å². The Kier molecular flexibility index (Phi) is 5.65. The highest BCUT2D eigenvalue weighted by Crippen LogP contribution is 2.24. The lowest BCUT2D eigenvalue weighted by Crippen LogP contribution is -2.46. The molecule has 0 N–H and O–H groups in total. The molecule has 6 nitrogen and oxygen atoms in total. The molecule has 0 bridgehead atoms. The Morgan fingerprint density at radius 3 is 2.68 bits per heavy atom. The Morgan fingerprint density at radius 1 is 1.28 bits per heavy atom. The van der Waals surface area contributed by atoms with Crippen LogP contribution in [0.15, 0.2) is 22.7 Å². The summed E-state index contributed by atoms with van der Waals surface area (Å²) in [7, 11) is 1.62. The average Bonchev–Trinajstić information content (AvgIpc) is 3.11. The topological polar surface area (TPSA) is 54.6 Å². The van der Waals surface area contributed by atoms with E-state index in [-0.39, 0.29) is 11.9 Å². The Hall–Kier alpha value is -1.99. The summed E-state index contributed by atoms with van der Waals surface area (Å²) in [6, 6.07) is 4.78. The van der Waals surface area contributed by atoms with Crippen LogP contribution in [-0.2, 0) is 13.0 Å². The normalized spacial score (nSPS) is 17.6. The van der Waals surface area contributed by atoms with E-state index in [1.807, 2.05) is 6.92 Å². The highest BCUT2D eigenvalue weighted by Gasteiger charge is 2.26. The van der Waals surface area contributed by atoms with Gasteiger partial charge in [0.15, 0.2) is 5.82 Å².